The van der Waals surface area contributed by atoms with E-state index in [1.165, 1.54) is 0 Å². The number of halogens is 2. The van der Waals surface area contributed by atoms with Crippen molar-refractivity contribution in [2.45, 2.75) is 18.8 Å². The predicted molar refractivity (Wildman–Crippen MR) is 114 cm³/mol. The molecule has 0 bridgehead atoms. The molecule has 0 heterocycles. The molecule has 3 rings (SSSR count). The molecule has 1 fully saturated rings. The fraction of sp³-hybridized carbons (Fsp3) is 0.273. The van der Waals surface area contributed by atoms with Crippen LogP contribution in [-0.4, -0.2) is 25.0 Å². The number of amides is 2. The molecular weight excluding hydrogens is 411 g/mol. The summed E-state index contributed by atoms with van der Waals surface area (Å²) in [5, 5.41) is 6.86. The van der Waals surface area contributed by atoms with Gasteiger partial charge in [0, 0.05) is 34.6 Å². The van der Waals surface area contributed by atoms with Crippen molar-refractivity contribution in [1.29, 1.82) is 0 Å². The molecule has 0 spiro atoms. The molecule has 2 amide bonds. The molecule has 0 aliphatic heterocycles. The van der Waals surface area contributed by atoms with E-state index in [4.69, 9.17) is 27.9 Å². The molecule has 5 nitrogen and oxygen atoms in total. The van der Waals surface area contributed by atoms with E-state index < -0.39 is 0 Å². The molecule has 7 heteroatoms. The number of rotatable bonds is 9. The van der Waals surface area contributed by atoms with E-state index in [-0.39, 0.29) is 30.3 Å². The Labute approximate surface area is 180 Å². The SMILES string of the molecule is C=C(CCNC(=O)C1CC1c1ccc(Cl)cc1)NC(=O)COc1ccc(Cl)cc1. The molecule has 2 aromatic carbocycles. The first-order valence-corrected chi connectivity index (χ1v) is 10.1. The van der Waals surface area contributed by atoms with Gasteiger partial charge in [-0.2, -0.15) is 0 Å². The van der Waals surface area contributed by atoms with Crippen molar-refractivity contribution < 1.29 is 14.3 Å². The summed E-state index contributed by atoms with van der Waals surface area (Å²) >= 11 is 11.7. The summed E-state index contributed by atoms with van der Waals surface area (Å²) < 4.78 is 5.38. The van der Waals surface area contributed by atoms with Crippen LogP contribution in [0.3, 0.4) is 0 Å². The zero-order chi connectivity index (χ0) is 20.8. The van der Waals surface area contributed by atoms with Crippen LogP contribution in [0.1, 0.15) is 24.3 Å². The van der Waals surface area contributed by atoms with Crippen molar-refractivity contribution in [1.82, 2.24) is 10.6 Å². The lowest BCUT2D eigenvalue weighted by Gasteiger charge is -2.10. The smallest absolute Gasteiger partial charge is 0.262 e. The Morgan fingerprint density at radius 1 is 1.03 bits per heavy atom. The van der Waals surface area contributed by atoms with E-state index in [1.54, 1.807) is 24.3 Å². The molecular formula is C22H22Cl2N2O3. The highest BCUT2D eigenvalue weighted by Gasteiger charge is 2.43. The van der Waals surface area contributed by atoms with Crippen LogP contribution in [0, 0.1) is 5.92 Å². The molecule has 0 saturated heterocycles. The number of nitrogens with one attached hydrogen (secondary N) is 2. The number of carbonyl (C=O) groups is 2. The Bertz CT molecular complexity index is 882. The topological polar surface area (TPSA) is 67.4 Å². The van der Waals surface area contributed by atoms with E-state index in [0.717, 1.165) is 12.0 Å². The van der Waals surface area contributed by atoms with Gasteiger partial charge >= 0.3 is 0 Å². The van der Waals surface area contributed by atoms with Crippen molar-refractivity contribution in [3.8, 4) is 5.75 Å². The molecule has 152 valence electrons. The van der Waals surface area contributed by atoms with Crippen LogP contribution in [0.4, 0.5) is 0 Å². The van der Waals surface area contributed by atoms with E-state index in [1.807, 2.05) is 24.3 Å². The zero-order valence-corrected chi connectivity index (χ0v) is 17.3. The largest absolute Gasteiger partial charge is 0.484 e. The highest BCUT2D eigenvalue weighted by molar-refractivity contribution is 6.30. The van der Waals surface area contributed by atoms with Gasteiger partial charge in [0.1, 0.15) is 5.75 Å². The van der Waals surface area contributed by atoms with Gasteiger partial charge in [-0.1, -0.05) is 41.9 Å². The number of ether oxygens (including phenoxy) is 1. The minimum atomic E-state index is -0.304. The van der Waals surface area contributed by atoms with Crippen LogP contribution in [0.15, 0.2) is 60.8 Å². The molecule has 2 N–H and O–H groups in total. The van der Waals surface area contributed by atoms with Gasteiger partial charge in [0.15, 0.2) is 6.61 Å². The fourth-order valence-electron chi connectivity index (χ4n) is 3.01. The molecule has 2 aromatic rings. The second kappa shape index (κ2) is 9.81. The minimum absolute atomic E-state index is 0.00759. The third-order valence-corrected chi connectivity index (χ3v) is 5.16. The molecule has 0 aromatic heterocycles. The Kier molecular flexibility index (Phi) is 7.18. The van der Waals surface area contributed by atoms with Crippen LogP contribution in [0.5, 0.6) is 5.75 Å². The Morgan fingerprint density at radius 3 is 2.31 bits per heavy atom. The summed E-state index contributed by atoms with van der Waals surface area (Å²) in [6.45, 7) is 4.11. The van der Waals surface area contributed by atoms with Gasteiger partial charge in [-0.25, -0.2) is 0 Å². The third-order valence-electron chi connectivity index (χ3n) is 4.65. The van der Waals surface area contributed by atoms with Gasteiger partial charge in [-0.05, 0) is 54.3 Å². The maximum absolute atomic E-state index is 12.3. The summed E-state index contributed by atoms with van der Waals surface area (Å²) in [7, 11) is 0. The van der Waals surface area contributed by atoms with E-state index >= 15 is 0 Å². The third kappa shape index (κ3) is 6.51. The van der Waals surface area contributed by atoms with Crippen LogP contribution in [0.2, 0.25) is 10.0 Å². The fourth-order valence-corrected chi connectivity index (χ4v) is 3.26. The summed E-state index contributed by atoms with van der Waals surface area (Å²) in [6.07, 6.45) is 1.30. The monoisotopic (exact) mass is 432 g/mol. The maximum Gasteiger partial charge on any atom is 0.262 e. The molecule has 2 unspecified atom stereocenters. The lowest BCUT2D eigenvalue weighted by molar-refractivity contribution is -0.122. The average molecular weight is 433 g/mol. The first-order valence-electron chi connectivity index (χ1n) is 9.31. The van der Waals surface area contributed by atoms with Crippen LogP contribution < -0.4 is 15.4 Å². The van der Waals surface area contributed by atoms with E-state index in [0.29, 0.717) is 34.5 Å². The Hall–Kier alpha value is -2.50. The van der Waals surface area contributed by atoms with Crippen molar-refractivity contribution in [3.05, 3.63) is 76.4 Å². The Morgan fingerprint density at radius 2 is 1.66 bits per heavy atom. The normalized spacial score (nSPS) is 17.3. The van der Waals surface area contributed by atoms with Gasteiger partial charge in [-0.3, -0.25) is 9.59 Å². The van der Waals surface area contributed by atoms with Crippen molar-refractivity contribution in [2.75, 3.05) is 13.2 Å². The lowest BCUT2D eigenvalue weighted by Crippen LogP contribution is -2.31. The number of carbonyl (C=O) groups excluding carboxylic acids is 2. The van der Waals surface area contributed by atoms with E-state index in [2.05, 4.69) is 17.2 Å². The second-order valence-electron chi connectivity index (χ2n) is 6.94. The average Bonchev–Trinajstić information content (AvgIpc) is 3.49. The summed E-state index contributed by atoms with van der Waals surface area (Å²) in [6, 6.07) is 14.4. The molecule has 0 radical (unpaired) electrons. The van der Waals surface area contributed by atoms with Crippen LogP contribution >= 0.6 is 23.2 Å². The molecule has 1 saturated carbocycles. The van der Waals surface area contributed by atoms with Crippen molar-refractivity contribution in [3.63, 3.8) is 0 Å². The summed E-state index contributed by atoms with van der Waals surface area (Å²) in [4.78, 5) is 24.2. The number of hydrogen-bond acceptors (Lipinski definition) is 3. The summed E-state index contributed by atoms with van der Waals surface area (Å²) in [5.74, 6) is 0.519. The van der Waals surface area contributed by atoms with Crippen LogP contribution in [0.25, 0.3) is 0 Å². The predicted octanol–water partition coefficient (Wildman–Crippen LogP) is 4.31. The highest BCUT2D eigenvalue weighted by atomic mass is 35.5. The van der Waals surface area contributed by atoms with Crippen LogP contribution in [-0.2, 0) is 9.59 Å². The van der Waals surface area contributed by atoms with Gasteiger partial charge < -0.3 is 15.4 Å². The van der Waals surface area contributed by atoms with Crippen molar-refractivity contribution >= 4 is 35.0 Å². The molecule has 1 aliphatic rings. The maximum atomic E-state index is 12.3. The quantitative estimate of drug-likeness (QED) is 0.619. The van der Waals surface area contributed by atoms with Gasteiger partial charge in [0.2, 0.25) is 5.91 Å². The standard InChI is InChI=1S/C22H22Cl2N2O3/c1-14(26-21(27)13-29-18-8-6-17(24)7-9-18)10-11-25-22(28)20-12-19(20)15-2-4-16(23)5-3-15/h2-9,19-20H,1,10-13H2,(H,25,28)(H,26,27). The minimum Gasteiger partial charge on any atom is -0.484 e. The highest BCUT2D eigenvalue weighted by Crippen LogP contribution is 2.47. The van der Waals surface area contributed by atoms with E-state index in [9.17, 15) is 9.59 Å². The van der Waals surface area contributed by atoms with Gasteiger partial charge in [-0.15, -0.1) is 0 Å². The lowest BCUT2D eigenvalue weighted by atomic mass is 10.1. The van der Waals surface area contributed by atoms with Gasteiger partial charge in [0.05, 0.1) is 0 Å². The summed E-state index contributed by atoms with van der Waals surface area (Å²) in [5.41, 5.74) is 1.66. The Balaban J connectivity index is 1.31. The first-order chi connectivity index (χ1) is 13.9. The van der Waals surface area contributed by atoms with Gasteiger partial charge in [0.25, 0.3) is 5.91 Å². The second-order valence-corrected chi connectivity index (χ2v) is 7.81. The van der Waals surface area contributed by atoms with Crippen molar-refractivity contribution in [2.24, 2.45) is 5.92 Å². The first kappa shape index (κ1) is 21.2. The number of hydrogen-bond donors (Lipinski definition) is 2. The molecule has 1 aliphatic carbocycles. The number of benzene rings is 2. The molecule has 29 heavy (non-hydrogen) atoms. The molecule has 2 atom stereocenters. The zero-order valence-electron chi connectivity index (χ0n) is 15.8.